The second-order valence-corrected chi connectivity index (χ2v) is 5.99. The predicted molar refractivity (Wildman–Crippen MR) is 80.4 cm³/mol. The van der Waals surface area contributed by atoms with Crippen LogP contribution in [-0.2, 0) is 0 Å². The Morgan fingerprint density at radius 1 is 1.37 bits per heavy atom. The third-order valence-electron chi connectivity index (χ3n) is 4.33. The first-order valence-electron chi connectivity index (χ1n) is 7.63. The molecule has 1 fully saturated rings. The minimum atomic E-state index is 0.0897. The topological polar surface area (TPSA) is 35.2 Å². The maximum Gasteiger partial charge on any atom is 0.122 e. The fourth-order valence-electron chi connectivity index (χ4n) is 2.99. The third kappa shape index (κ3) is 3.73. The van der Waals surface area contributed by atoms with E-state index in [1.165, 1.54) is 43.2 Å². The van der Waals surface area contributed by atoms with E-state index in [0.717, 1.165) is 11.7 Å². The van der Waals surface area contributed by atoms with E-state index in [9.17, 15) is 0 Å². The number of aryl methyl sites for hydroxylation is 1. The van der Waals surface area contributed by atoms with Crippen LogP contribution in [-0.4, -0.2) is 6.10 Å². The van der Waals surface area contributed by atoms with Gasteiger partial charge >= 0.3 is 0 Å². The molecule has 0 heterocycles. The van der Waals surface area contributed by atoms with Crippen molar-refractivity contribution in [2.75, 3.05) is 0 Å². The highest BCUT2D eigenvalue weighted by Gasteiger charge is 2.22. The first-order chi connectivity index (χ1) is 9.10. The Morgan fingerprint density at radius 3 is 2.79 bits per heavy atom. The van der Waals surface area contributed by atoms with E-state index in [1.807, 2.05) is 6.92 Å². The van der Waals surface area contributed by atoms with Gasteiger partial charge in [0.15, 0.2) is 0 Å². The molecule has 1 aromatic rings. The second kappa shape index (κ2) is 6.42. The van der Waals surface area contributed by atoms with E-state index in [2.05, 4.69) is 32.0 Å². The van der Waals surface area contributed by atoms with Gasteiger partial charge in [0.05, 0.1) is 6.10 Å². The van der Waals surface area contributed by atoms with Crippen molar-refractivity contribution < 1.29 is 4.74 Å². The maximum atomic E-state index is 6.21. The second-order valence-electron chi connectivity index (χ2n) is 5.99. The molecular formula is C17H27NO. The highest BCUT2D eigenvalue weighted by atomic mass is 16.5. The molecule has 1 aromatic carbocycles. The van der Waals surface area contributed by atoms with Crippen LogP contribution in [0.2, 0.25) is 0 Å². The van der Waals surface area contributed by atoms with Gasteiger partial charge < -0.3 is 10.5 Å². The van der Waals surface area contributed by atoms with Crippen molar-refractivity contribution >= 4 is 0 Å². The maximum absolute atomic E-state index is 6.21. The number of benzene rings is 1. The monoisotopic (exact) mass is 261 g/mol. The lowest BCUT2D eigenvalue weighted by Gasteiger charge is -2.29. The Labute approximate surface area is 117 Å². The molecular weight excluding hydrogens is 234 g/mol. The Morgan fingerprint density at radius 2 is 2.16 bits per heavy atom. The van der Waals surface area contributed by atoms with Gasteiger partial charge in [0.2, 0.25) is 0 Å². The van der Waals surface area contributed by atoms with Gasteiger partial charge in [-0.1, -0.05) is 31.9 Å². The zero-order valence-corrected chi connectivity index (χ0v) is 12.5. The van der Waals surface area contributed by atoms with Crippen LogP contribution in [0.1, 0.15) is 63.1 Å². The standard InChI is InChI=1S/C17H27NO/c1-4-14-6-5-7-16(11-14)19-17-9-8-15(13(3)18)10-12(17)2/h8-10,13-14,16H,4-7,11,18H2,1-3H3/t13-,14?,16?/m1/s1. The normalized spacial score (nSPS) is 25.1. The van der Waals surface area contributed by atoms with Gasteiger partial charge in [-0.05, 0) is 56.2 Å². The van der Waals surface area contributed by atoms with E-state index in [4.69, 9.17) is 10.5 Å². The fourth-order valence-corrected chi connectivity index (χ4v) is 2.99. The summed E-state index contributed by atoms with van der Waals surface area (Å²) in [6, 6.07) is 6.42. The lowest BCUT2D eigenvalue weighted by molar-refractivity contribution is 0.121. The zero-order chi connectivity index (χ0) is 13.8. The van der Waals surface area contributed by atoms with E-state index in [1.54, 1.807) is 0 Å². The minimum Gasteiger partial charge on any atom is -0.490 e. The summed E-state index contributed by atoms with van der Waals surface area (Å²) in [4.78, 5) is 0. The summed E-state index contributed by atoms with van der Waals surface area (Å²) in [5, 5.41) is 0. The van der Waals surface area contributed by atoms with Crippen molar-refractivity contribution in [1.82, 2.24) is 0 Å². The summed E-state index contributed by atoms with van der Waals surface area (Å²) >= 11 is 0. The molecule has 1 aliphatic rings. The largest absolute Gasteiger partial charge is 0.490 e. The van der Waals surface area contributed by atoms with Gasteiger partial charge in [-0.15, -0.1) is 0 Å². The lowest BCUT2D eigenvalue weighted by Crippen LogP contribution is -2.25. The summed E-state index contributed by atoms with van der Waals surface area (Å²) in [6.45, 7) is 6.42. The molecule has 106 valence electrons. The summed E-state index contributed by atoms with van der Waals surface area (Å²) < 4.78 is 6.21. The van der Waals surface area contributed by atoms with Crippen LogP contribution in [0.3, 0.4) is 0 Å². The van der Waals surface area contributed by atoms with E-state index in [0.29, 0.717) is 6.10 Å². The number of ether oxygens (including phenoxy) is 1. The lowest BCUT2D eigenvalue weighted by atomic mass is 9.85. The molecule has 19 heavy (non-hydrogen) atoms. The van der Waals surface area contributed by atoms with Gasteiger partial charge in [-0.3, -0.25) is 0 Å². The van der Waals surface area contributed by atoms with Gasteiger partial charge in [0.1, 0.15) is 5.75 Å². The summed E-state index contributed by atoms with van der Waals surface area (Å²) in [7, 11) is 0. The van der Waals surface area contributed by atoms with Crippen LogP contribution in [0.5, 0.6) is 5.75 Å². The van der Waals surface area contributed by atoms with Crippen molar-refractivity contribution in [3.05, 3.63) is 29.3 Å². The first kappa shape index (κ1) is 14.4. The number of rotatable bonds is 4. The molecule has 0 amide bonds. The molecule has 1 aliphatic carbocycles. The Balaban J connectivity index is 2.02. The first-order valence-corrected chi connectivity index (χ1v) is 7.63. The average Bonchev–Trinajstić information content (AvgIpc) is 2.41. The number of hydrogen-bond acceptors (Lipinski definition) is 2. The van der Waals surface area contributed by atoms with Crippen LogP contribution >= 0.6 is 0 Å². The van der Waals surface area contributed by atoms with Gasteiger partial charge in [-0.25, -0.2) is 0 Å². The van der Waals surface area contributed by atoms with Crippen molar-refractivity contribution in [2.24, 2.45) is 11.7 Å². The summed E-state index contributed by atoms with van der Waals surface area (Å²) in [5.74, 6) is 1.88. The molecule has 2 N–H and O–H groups in total. The van der Waals surface area contributed by atoms with E-state index < -0.39 is 0 Å². The molecule has 0 spiro atoms. The molecule has 0 radical (unpaired) electrons. The Hall–Kier alpha value is -1.02. The number of nitrogens with two attached hydrogens (primary N) is 1. The molecule has 1 saturated carbocycles. The average molecular weight is 261 g/mol. The van der Waals surface area contributed by atoms with Crippen molar-refractivity contribution in [3.63, 3.8) is 0 Å². The third-order valence-corrected chi connectivity index (χ3v) is 4.33. The molecule has 2 rings (SSSR count). The molecule has 3 atom stereocenters. The van der Waals surface area contributed by atoms with E-state index >= 15 is 0 Å². The van der Waals surface area contributed by atoms with Gasteiger partial charge in [0, 0.05) is 6.04 Å². The van der Waals surface area contributed by atoms with Crippen LogP contribution in [0.25, 0.3) is 0 Å². The highest BCUT2D eigenvalue weighted by molar-refractivity contribution is 5.37. The summed E-state index contributed by atoms with van der Waals surface area (Å²) in [5.41, 5.74) is 8.30. The smallest absolute Gasteiger partial charge is 0.122 e. The molecule has 2 heteroatoms. The zero-order valence-electron chi connectivity index (χ0n) is 12.5. The minimum absolute atomic E-state index is 0.0897. The molecule has 0 bridgehead atoms. The summed E-state index contributed by atoms with van der Waals surface area (Å²) in [6.07, 6.45) is 6.77. The van der Waals surface area contributed by atoms with Crippen molar-refractivity contribution in [1.29, 1.82) is 0 Å². The SMILES string of the molecule is CCC1CCCC(Oc2ccc([C@@H](C)N)cc2C)C1. The number of hydrogen-bond donors (Lipinski definition) is 1. The Kier molecular flexibility index (Phi) is 4.87. The van der Waals surface area contributed by atoms with Gasteiger partial charge in [0.25, 0.3) is 0 Å². The Bertz CT molecular complexity index is 414. The molecule has 0 saturated heterocycles. The molecule has 2 nitrogen and oxygen atoms in total. The quantitative estimate of drug-likeness (QED) is 0.874. The van der Waals surface area contributed by atoms with Crippen molar-refractivity contribution in [3.8, 4) is 5.75 Å². The molecule has 2 unspecified atom stereocenters. The molecule has 0 aromatic heterocycles. The molecule has 0 aliphatic heterocycles. The van der Waals surface area contributed by atoms with Crippen LogP contribution in [0, 0.1) is 12.8 Å². The predicted octanol–water partition coefficient (Wildman–Crippen LogP) is 4.36. The van der Waals surface area contributed by atoms with Crippen LogP contribution in [0.4, 0.5) is 0 Å². The fraction of sp³-hybridized carbons (Fsp3) is 0.647. The van der Waals surface area contributed by atoms with Crippen LogP contribution in [0.15, 0.2) is 18.2 Å². The van der Waals surface area contributed by atoms with Crippen LogP contribution < -0.4 is 10.5 Å². The van der Waals surface area contributed by atoms with Crippen molar-refractivity contribution in [2.45, 2.75) is 65.0 Å². The van der Waals surface area contributed by atoms with Gasteiger partial charge in [-0.2, -0.15) is 0 Å². The highest BCUT2D eigenvalue weighted by Crippen LogP contribution is 2.31. The van der Waals surface area contributed by atoms with E-state index in [-0.39, 0.29) is 6.04 Å².